The Labute approximate surface area is 113 Å². The predicted molar refractivity (Wildman–Crippen MR) is 72.6 cm³/mol. The monoisotopic (exact) mass is 274 g/mol. The van der Waals surface area contributed by atoms with Crippen molar-refractivity contribution in [2.24, 2.45) is 0 Å². The molecule has 1 aliphatic heterocycles. The van der Waals surface area contributed by atoms with Crippen molar-refractivity contribution in [3.63, 3.8) is 0 Å². The van der Waals surface area contributed by atoms with Crippen LogP contribution in [0.2, 0.25) is 0 Å². The lowest BCUT2D eigenvalue weighted by molar-refractivity contribution is -0.130. The first-order valence-electron chi connectivity index (χ1n) is 6.41. The summed E-state index contributed by atoms with van der Waals surface area (Å²) in [5, 5.41) is 8.74. The summed E-state index contributed by atoms with van der Waals surface area (Å²) in [5.74, 6) is 0.924. The zero-order valence-electron chi connectivity index (χ0n) is 10.9. The fourth-order valence-corrected chi connectivity index (χ4v) is 2.66. The molecular weight excluding hydrogens is 252 g/mol. The Hall–Kier alpha value is -0.750. The standard InChI is InChI=1S/C12H22N2O3S/c1-13(6-3-2-4-9-15)11(16)5-7-14-8-10-18-12(14)17/h15H,2-10H2,1H3. The van der Waals surface area contributed by atoms with Gasteiger partial charge in [0.1, 0.15) is 0 Å². The molecule has 0 spiro atoms. The van der Waals surface area contributed by atoms with Crippen molar-refractivity contribution in [3.8, 4) is 0 Å². The molecule has 1 rings (SSSR count). The molecule has 0 bridgehead atoms. The van der Waals surface area contributed by atoms with Crippen molar-refractivity contribution in [1.29, 1.82) is 0 Å². The highest BCUT2D eigenvalue weighted by Gasteiger charge is 2.21. The molecule has 0 aromatic heterocycles. The summed E-state index contributed by atoms with van der Waals surface area (Å²) in [5.41, 5.74) is 0. The summed E-state index contributed by atoms with van der Waals surface area (Å²) in [6, 6.07) is 0. The third kappa shape index (κ3) is 5.27. The van der Waals surface area contributed by atoms with E-state index in [4.69, 9.17) is 5.11 Å². The van der Waals surface area contributed by atoms with E-state index in [0.29, 0.717) is 13.0 Å². The first-order chi connectivity index (χ1) is 8.65. The van der Waals surface area contributed by atoms with Crippen molar-refractivity contribution < 1.29 is 14.7 Å². The SMILES string of the molecule is CN(CCCCCO)C(=O)CCN1CCSC1=O. The molecule has 0 saturated carbocycles. The van der Waals surface area contributed by atoms with Gasteiger partial charge < -0.3 is 14.9 Å². The fourth-order valence-electron chi connectivity index (χ4n) is 1.81. The Morgan fingerprint density at radius 2 is 2.22 bits per heavy atom. The second-order valence-electron chi connectivity index (χ2n) is 4.45. The molecule has 5 nitrogen and oxygen atoms in total. The molecule has 0 unspecified atom stereocenters. The maximum absolute atomic E-state index is 11.8. The minimum atomic E-state index is 0.0868. The summed E-state index contributed by atoms with van der Waals surface area (Å²) >= 11 is 1.32. The first-order valence-corrected chi connectivity index (χ1v) is 7.40. The average Bonchev–Trinajstić information content (AvgIpc) is 2.77. The zero-order valence-corrected chi connectivity index (χ0v) is 11.7. The molecule has 0 aliphatic carbocycles. The normalized spacial score (nSPS) is 15.2. The van der Waals surface area contributed by atoms with E-state index in [1.54, 1.807) is 16.8 Å². The van der Waals surface area contributed by atoms with Crippen LogP contribution < -0.4 is 0 Å². The van der Waals surface area contributed by atoms with Gasteiger partial charge in [0.2, 0.25) is 5.91 Å². The van der Waals surface area contributed by atoms with Crippen molar-refractivity contribution in [2.75, 3.05) is 39.0 Å². The number of hydrogen-bond donors (Lipinski definition) is 1. The number of aliphatic hydroxyl groups excluding tert-OH is 1. The molecule has 6 heteroatoms. The van der Waals surface area contributed by atoms with Crippen molar-refractivity contribution in [3.05, 3.63) is 0 Å². The lowest BCUT2D eigenvalue weighted by atomic mass is 10.2. The number of unbranched alkanes of at least 4 members (excludes halogenated alkanes) is 2. The summed E-state index contributed by atoms with van der Waals surface area (Å²) in [4.78, 5) is 26.6. The maximum atomic E-state index is 11.8. The van der Waals surface area contributed by atoms with Crippen LogP contribution in [0.5, 0.6) is 0 Å². The van der Waals surface area contributed by atoms with E-state index in [0.717, 1.165) is 38.1 Å². The van der Waals surface area contributed by atoms with Crippen LogP contribution in [0.25, 0.3) is 0 Å². The highest BCUT2D eigenvalue weighted by atomic mass is 32.2. The number of thioether (sulfide) groups is 1. The van der Waals surface area contributed by atoms with Crippen LogP contribution in [0.4, 0.5) is 4.79 Å². The second kappa shape index (κ2) is 8.37. The molecule has 1 saturated heterocycles. The van der Waals surface area contributed by atoms with Gasteiger partial charge in [0.05, 0.1) is 0 Å². The number of amides is 2. The predicted octanol–water partition coefficient (Wildman–Crippen LogP) is 1.17. The van der Waals surface area contributed by atoms with E-state index in [1.165, 1.54) is 11.8 Å². The molecule has 104 valence electrons. The van der Waals surface area contributed by atoms with E-state index in [9.17, 15) is 9.59 Å². The quantitative estimate of drug-likeness (QED) is 0.675. The Kier molecular flexibility index (Phi) is 7.12. The number of rotatable bonds is 8. The Morgan fingerprint density at radius 3 is 2.83 bits per heavy atom. The number of nitrogens with zero attached hydrogens (tertiary/aromatic N) is 2. The number of carbonyl (C=O) groups excluding carboxylic acids is 2. The van der Waals surface area contributed by atoms with Crippen LogP contribution in [0.1, 0.15) is 25.7 Å². The third-order valence-corrected chi connectivity index (χ3v) is 3.91. The van der Waals surface area contributed by atoms with Gasteiger partial charge in [0.25, 0.3) is 5.24 Å². The van der Waals surface area contributed by atoms with E-state index in [2.05, 4.69) is 0 Å². The Balaban J connectivity index is 2.13. The second-order valence-corrected chi connectivity index (χ2v) is 5.50. The van der Waals surface area contributed by atoms with E-state index >= 15 is 0 Å². The highest BCUT2D eigenvalue weighted by Crippen LogP contribution is 2.17. The molecule has 1 aliphatic rings. The molecule has 1 heterocycles. The molecule has 2 amide bonds. The maximum Gasteiger partial charge on any atom is 0.281 e. The topological polar surface area (TPSA) is 60.9 Å². The largest absolute Gasteiger partial charge is 0.396 e. The molecule has 0 radical (unpaired) electrons. The molecule has 0 atom stereocenters. The number of carbonyl (C=O) groups is 2. The van der Waals surface area contributed by atoms with Crippen LogP contribution in [-0.4, -0.2) is 65.1 Å². The third-order valence-electron chi connectivity index (χ3n) is 3.02. The first kappa shape index (κ1) is 15.3. The van der Waals surface area contributed by atoms with Crippen molar-refractivity contribution in [2.45, 2.75) is 25.7 Å². The van der Waals surface area contributed by atoms with Gasteiger partial charge in [-0.2, -0.15) is 0 Å². The molecule has 1 N–H and O–H groups in total. The minimum Gasteiger partial charge on any atom is -0.396 e. The smallest absolute Gasteiger partial charge is 0.281 e. The van der Waals surface area contributed by atoms with Crippen LogP contribution in [0.3, 0.4) is 0 Å². The molecule has 0 aromatic carbocycles. The van der Waals surface area contributed by atoms with Gasteiger partial charge >= 0.3 is 0 Å². The van der Waals surface area contributed by atoms with Crippen molar-refractivity contribution >= 4 is 22.9 Å². The van der Waals surface area contributed by atoms with Gasteiger partial charge in [-0.05, 0) is 19.3 Å². The molecule has 1 fully saturated rings. The molecule has 0 aromatic rings. The van der Waals surface area contributed by atoms with E-state index in [1.807, 2.05) is 0 Å². The summed E-state index contributed by atoms with van der Waals surface area (Å²) in [6.45, 7) is 2.23. The minimum absolute atomic E-state index is 0.0868. The van der Waals surface area contributed by atoms with Crippen LogP contribution in [0, 0.1) is 0 Å². The summed E-state index contributed by atoms with van der Waals surface area (Å²) in [6.07, 6.45) is 3.06. The summed E-state index contributed by atoms with van der Waals surface area (Å²) in [7, 11) is 1.79. The van der Waals surface area contributed by atoms with Gasteiger partial charge in [-0.25, -0.2) is 0 Å². The molecular formula is C12H22N2O3S. The Morgan fingerprint density at radius 1 is 1.44 bits per heavy atom. The zero-order chi connectivity index (χ0) is 13.4. The van der Waals surface area contributed by atoms with Gasteiger partial charge in [-0.15, -0.1) is 0 Å². The lowest BCUT2D eigenvalue weighted by Crippen LogP contribution is -2.32. The highest BCUT2D eigenvalue weighted by molar-refractivity contribution is 8.13. The summed E-state index contributed by atoms with van der Waals surface area (Å²) < 4.78 is 0. The van der Waals surface area contributed by atoms with Crippen LogP contribution in [0.15, 0.2) is 0 Å². The van der Waals surface area contributed by atoms with E-state index < -0.39 is 0 Å². The van der Waals surface area contributed by atoms with Gasteiger partial charge in [-0.3, -0.25) is 9.59 Å². The Bertz CT molecular complexity index is 286. The number of aliphatic hydroxyl groups is 1. The van der Waals surface area contributed by atoms with Crippen LogP contribution >= 0.6 is 11.8 Å². The van der Waals surface area contributed by atoms with Crippen LogP contribution in [-0.2, 0) is 4.79 Å². The van der Waals surface area contributed by atoms with E-state index in [-0.39, 0.29) is 17.8 Å². The van der Waals surface area contributed by atoms with Gasteiger partial charge in [-0.1, -0.05) is 11.8 Å². The lowest BCUT2D eigenvalue weighted by Gasteiger charge is -2.19. The fraction of sp³-hybridized carbons (Fsp3) is 0.833. The average molecular weight is 274 g/mol. The number of hydrogen-bond acceptors (Lipinski definition) is 4. The molecule has 18 heavy (non-hydrogen) atoms. The van der Waals surface area contributed by atoms with Gasteiger partial charge in [0, 0.05) is 45.5 Å². The van der Waals surface area contributed by atoms with Gasteiger partial charge in [0.15, 0.2) is 0 Å². The van der Waals surface area contributed by atoms with Crippen molar-refractivity contribution in [1.82, 2.24) is 9.80 Å².